The number of rotatable bonds is 8. The molecule has 4 N–H and O–H groups in total. The van der Waals surface area contributed by atoms with Crippen molar-refractivity contribution in [1.82, 2.24) is 15.5 Å². The molecule has 2 aromatic rings. The van der Waals surface area contributed by atoms with Gasteiger partial charge in [-0.1, -0.05) is 18.2 Å². The number of hydrogen-bond acceptors (Lipinski definition) is 4. The summed E-state index contributed by atoms with van der Waals surface area (Å²) in [5.41, 5.74) is 5.37. The average molecular weight is 416 g/mol. The zero-order valence-electron chi connectivity index (χ0n) is 16.5. The van der Waals surface area contributed by atoms with Gasteiger partial charge in [-0.25, -0.2) is 4.79 Å². The number of furan rings is 1. The zero-order valence-corrected chi connectivity index (χ0v) is 17.4. The first-order valence-corrected chi connectivity index (χ1v) is 11.0. The molecule has 0 aliphatic carbocycles. The molecule has 156 valence electrons. The van der Waals surface area contributed by atoms with Crippen molar-refractivity contribution in [2.75, 3.05) is 31.9 Å². The van der Waals surface area contributed by atoms with E-state index in [1.165, 1.54) is 4.90 Å². The molecule has 1 fully saturated rings. The summed E-state index contributed by atoms with van der Waals surface area (Å²) in [5.74, 6) is 2.69. The fraction of sp³-hybridized carbons (Fsp3) is 0.429. The molecule has 8 heteroatoms. The number of urea groups is 1. The number of carbonyl (C=O) groups excluding carboxylic acids is 1. The van der Waals surface area contributed by atoms with Crippen molar-refractivity contribution in [3.8, 4) is 0 Å². The Morgan fingerprint density at radius 3 is 2.69 bits per heavy atom. The number of thioether (sulfide) groups is 1. The van der Waals surface area contributed by atoms with Gasteiger partial charge in [-0.15, -0.1) is 11.8 Å². The number of nitrogens with one attached hydrogen (secondary N) is 2. The third kappa shape index (κ3) is 7.38. The molecule has 1 saturated heterocycles. The first-order valence-electron chi connectivity index (χ1n) is 10.00. The van der Waals surface area contributed by atoms with E-state index < -0.39 is 0 Å². The van der Waals surface area contributed by atoms with Gasteiger partial charge < -0.3 is 25.7 Å². The predicted octanol–water partition coefficient (Wildman–Crippen LogP) is 2.69. The fourth-order valence-corrected chi connectivity index (χ4v) is 3.97. The maximum Gasteiger partial charge on any atom is 0.314 e. The molecule has 1 aromatic carbocycles. The number of piperidine rings is 1. The Morgan fingerprint density at radius 1 is 1.21 bits per heavy atom. The first kappa shape index (κ1) is 21.1. The maximum atomic E-state index is 11.3. The number of amides is 2. The van der Waals surface area contributed by atoms with Gasteiger partial charge >= 0.3 is 6.03 Å². The minimum atomic E-state index is -0.341. The summed E-state index contributed by atoms with van der Waals surface area (Å²) in [6, 6.07) is 14.2. The van der Waals surface area contributed by atoms with Gasteiger partial charge in [0, 0.05) is 49.3 Å². The summed E-state index contributed by atoms with van der Waals surface area (Å²) in [7, 11) is 0. The molecule has 0 atom stereocenters. The van der Waals surface area contributed by atoms with Crippen LogP contribution in [0.2, 0.25) is 0 Å². The van der Waals surface area contributed by atoms with Gasteiger partial charge in [0.25, 0.3) is 0 Å². The van der Waals surface area contributed by atoms with Gasteiger partial charge in [-0.05, 0) is 37.1 Å². The number of guanidine groups is 1. The minimum Gasteiger partial charge on any atom is -0.469 e. The lowest BCUT2D eigenvalue weighted by atomic mass is 10.1. The van der Waals surface area contributed by atoms with Gasteiger partial charge in [-0.2, -0.15) is 0 Å². The van der Waals surface area contributed by atoms with E-state index in [9.17, 15) is 4.79 Å². The van der Waals surface area contributed by atoms with Crippen molar-refractivity contribution < 1.29 is 9.21 Å². The molecule has 1 aliphatic heterocycles. The van der Waals surface area contributed by atoms with E-state index in [0.29, 0.717) is 19.6 Å². The predicted molar refractivity (Wildman–Crippen MR) is 117 cm³/mol. The molecule has 0 unspecified atom stereocenters. The summed E-state index contributed by atoms with van der Waals surface area (Å²) in [4.78, 5) is 19.0. The maximum absolute atomic E-state index is 11.3. The third-order valence-corrected chi connectivity index (χ3v) is 5.78. The molecule has 2 heterocycles. The molecule has 2 amide bonds. The highest BCUT2D eigenvalue weighted by molar-refractivity contribution is 7.99. The van der Waals surface area contributed by atoms with Crippen molar-refractivity contribution in [2.45, 2.75) is 30.2 Å². The lowest BCUT2D eigenvalue weighted by Gasteiger charge is -2.32. The van der Waals surface area contributed by atoms with Crippen LogP contribution >= 0.6 is 11.8 Å². The standard InChI is InChI=1S/C21H29N5O2S/c22-20(27)26-13-9-17(10-14-26)25-21(23-11-8-18-5-4-15-28-18)24-12-16-29-19-6-2-1-3-7-19/h1-7,15,17H,8-14,16H2,(H2,22,27)(H2,23,24,25). The van der Waals surface area contributed by atoms with Gasteiger partial charge in [0.15, 0.2) is 5.96 Å². The van der Waals surface area contributed by atoms with Gasteiger partial charge in [0.2, 0.25) is 0 Å². The van der Waals surface area contributed by atoms with E-state index in [2.05, 4.69) is 34.9 Å². The quantitative estimate of drug-likeness (QED) is 0.267. The third-order valence-electron chi connectivity index (χ3n) is 4.76. The topological polar surface area (TPSA) is 95.9 Å². The van der Waals surface area contributed by atoms with E-state index >= 15 is 0 Å². The van der Waals surface area contributed by atoms with Crippen molar-refractivity contribution in [3.63, 3.8) is 0 Å². The molecular formula is C21H29N5O2S. The highest BCUT2D eigenvalue weighted by Gasteiger charge is 2.21. The Balaban J connectivity index is 1.48. The monoisotopic (exact) mass is 415 g/mol. The van der Waals surface area contributed by atoms with E-state index in [4.69, 9.17) is 15.1 Å². The van der Waals surface area contributed by atoms with Gasteiger partial charge in [0.1, 0.15) is 5.76 Å². The fourth-order valence-electron chi connectivity index (χ4n) is 3.18. The SMILES string of the molecule is NC(=O)N1CCC(NC(=NCCc2ccco2)NCCSc2ccccc2)CC1. The van der Waals surface area contributed by atoms with E-state index in [1.807, 2.05) is 30.0 Å². The summed E-state index contributed by atoms with van der Waals surface area (Å²) >= 11 is 1.82. The second kappa shape index (κ2) is 11.4. The Hall–Kier alpha value is -2.61. The van der Waals surface area contributed by atoms with Crippen LogP contribution in [0.5, 0.6) is 0 Å². The highest BCUT2D eigenvalue weighted by Crippen LogP contribution is 2.15. The van der Waals surface area contributed by atoms with Crippen molar-refractivity contribution in [2.24, 2.45) is 10.7 Å². The number of primary amides is 1. The number of likely N-dealkylation sites (tertiary alicyclic amines) is 1. The van der Waals surface area contributed by atoms with Gasteiger partial charge in [-0.3, -0.25) is 4.99 Å². The van der Waals surface area contributed by atoms with Crippen LogP contribution in [0.3, 0.4) is 0 Å². The van der Waals surface area contributed by atoms with E-state index in [-0.39, 0.29) is 12.1 Å². The lowest BCUT2D eigenvalue weighted by Crippen LogP contribution is -2.51. The number of nitrogens with zero attached hydrogens (tertiary/aromatic N) is 2. The van der Waals surface area contributed by atoms with Crippen LogP contribution in [0, 0.1) is 0 Å². The number of carbonyl (C=O) groups is 1. The summed E-state index contributed by atoms with van der Waals surface area (Å²) in [6.07, 6.45) is 4.17. The Labute approximate surface area is 176 Å². The van der Waals surface area contributed by atoms with Crippen LogP contribution in [0.25, 0.3) is 0 Å². The van der Waals surface area contributed by atoms with Crippen LogP contribution in [0.4, 0.5) is 4.79 Å². The largest absolute Gasteiger partial charge is 0.469 e. The number of nitrogens with two attached hydrogens (primary N) is 1. The molecular weight excluding hydrogens is 386 g/mol. The summed E-state index contributed by atoms with van der Waals surface area (Å²) in [5, 5.41) is 6.95. The Bertz CT molecular complexity index is 759. The Morgan fingerprint density at radius 2 is 2.00 bits per heavy atom. The zero-order chi connectivity index (χ0) is 20.3. The first-order chi connectivity index (χ1) is 14.2. The van der Waals surface area contributed by atoms with Crippen LogP contribution in [-0.2, 0) is 6.42 Å². The van der Waals surface area contributed by atoms with Crippen molar-refractivity contribution in [1.29, 1.82) is 0 Å². The summed E-state index contributed by atoms with van der Waals surface area (Å²) < 4.78 is 5.38. The smallest absolute Gasteiger partial charge is 0.314 e. The van der Waals surface area contributed by atoms with Gasteiger partial charge in [0.05, 0.1) is 6.26 Å². The van der Waals surface area contributed by atoms with E-state index in [1.54, 1.807) is 11.2 Å². The molecule has 0 radical (unpaired) electrons. The summed E-state index contributed by atoms with van der Waals surface area (Å²) in [6.45, 7) is 2.81. The van der Waals surface area contributed by atoms with Crippen molar-refractivity contribution in [3.05, 3.63) is 54.5 Å². The molecule has 3 rings (SSSR count). The molecule has 0 bridgehead atoms. The van der Waals surface area contributed by atoms with E-state index in [0.717, 1.165) is 43.3 Å². The van der Waals surface area contributed by atoms with Crippen LogP contribution in [0.1, 0.15) is 18.6 Å². The highest BCUT2D eigenvalue weighted by atomic mass is 32.2. The number of benzene rings is 1. The van der Waals surface area contributed by atoms with Crippen molar-refractivity contribution >= 4 is 23.8 Å². The lowest BCUT2D eigenvalue weighted by molar-refractivity contribution is 0.188. The number of hydrogen-bond donors (Lipinski definition) is 3. The normalized spacial score (nSPS) is 15.3. The molecule has 29 heavy (non-hydrogen) atoms. The molecule has 0 spiro atoms. The average Bonchev–Trinajstić information content (AvgIpc) is 3.25. The molecule has 0 saturated carbocycles. The number of aliphatic imine (C=N–C) groups is 1. The van der Waals surface area contributed by atoms with Crippen LogP contribution < -0.4 is 16.4 Å². The Kier molecular flexibility index (Phi) is 8.30. The second-order valence-corrected chi connectivity index (χ2v) is 8.06. The van der Waals surface area contributed by atoms with Crippen LogP contribution in [-0.4, -0.2) is 54.9 Å². The second-order valence-electron chi connectivity index (χ2n) is 6.89. The molecule has 1 aromatic heterocycles. The minimum absolute atomic E-state index is 0.280. The molecule has 7 nitrogen and oxygen atoms in total. The van der Waals surface area contributed by atoms with Crippen LogP contribution in [0.15, 0.2) is 63.0 Å². The molecule has 1 aliphatic rings.